The van der Waals surface area contributed by atoms with Crippen molar-refractivity contribution in [3.63, 3.8) is 0 Å². The van der Waals surface area contributed by atoms with Gasteiger partial charge in [0.25, 0.3) is 5.91 Å². The van der Waals surface area contributed by atoms with Gasteiger partial charge >= 0.3 is 5.97 Å². The first-order valence-corrected chi connectivity index (χ1v) is 6.88. The molecule has 3 rings (SSSR count). The number of carbonyl (C=O) groups is 2. The Hall–Kier alpha value is -2.82. The van der Waals surface area contributed by atoms with E-state index in [1.807, 2.05) is 36.4 Å². The molecule has 0 saturated heterocycles. The highest BCUT2D eigenvalue weighted by Gasteiger charge is 2.25. The number of nitrogens with zero attached hydrogens (tertiary/aromatic N) is 1. The van der Waals surface area contributed by atoms with Crippen LogP contribution in [0.2, 0.25) is 0 Å². The molecule has 1 aliphatic heterocycles. The SMILES string of the molecule is COC(=O)c1ccc(CN2C(=O)COc3ccccc32)cc1. The van der Waals surface area contributed by atoms with Gasteiger partial charge in [-0.3, -0.25) is 4.79 Å². The van der Waals surface area contributed by atoms with E-state index in [1.54, 1.807) is 17.0 Å². The second kappa shape index (κ2) is 5.89. The number of carbonyl (C=O) groups excluding carboxylic acids is 2. The molecule has 0 fully saturated rings. The van der Waals surface area contributed by atoms with Crippen LogP contribution >= 0.6 is 0 Å². The van der Waals surface area contributed by atoms with Crippen LogP contribution in [0.25, 0.3) is 0 Å². The first-order chi connectivity index (χ1) is 10.7. The van der Waals surface area contributed by atoms with Crippen molar-refractivity contribution >= 4 is 17.6 Å². The number of hydrogen-bond acceptors (Lipinski definition) is 4. The zero-order valence-corrected chi connectivity index (χ0v) is 12.1. The number of anilines is 1. The third kappa shape index (κ3) is 2.65. The number of benzene rings is 2. The fourth-order valence-corrected chi connectivity index (χ4v) is 2.37. The predicted octanol–water partition coefficient (Wildman–Crippen LogP) is 2.40. The Balaban J connectivity index is 1.83. The number of esters is 1. The van der Waals surface area contributed by atoms with Crippen LogP contribution in [0.4, 0.5) is 5.69 Å². The summed E-state index contributed by atoms with van der Waals surface area (Å²) in [6, 6.07) is 14.5. The molecule has 1 amide bonds. The van der Waals surface area contributed by atoms with Crippen LogP contribution in [0.5, 0.6) is 5.75 Å². The third-order valence-electron chi connectivity index (χ3n) is 3.52. The summed E-state index contributed by atoms with van der Waals surface area (Å²) in [5.41, 5.74) is 2.17. The molecule has 5 nitrogen and oxygen atoms in total. The van der Waals surface area contributed by atoms with Crippen molar-refractivity contribution in [3.8, 4) is 5.75 Å². The standard InChI is InChI=1S/C17H15NO4/c1-21-17(20)13-8-6-12(7-9-13)10-18-14-4-2-3-5-15(14)22-11-16(18)19/h2-9H,10-11H2,1H3. The topological polar surface area (TPSA) is 55.8 Å². The summed E-state index contributed by atoms with van der Waals surface area (Å²) in [5.74, 6) is 0.239. The Morgan fingerprint density at radius 1 is 1.18 bits per heavy atom. The molecule has 0 radical (unpaired) electrons. The Morgan fingerprint density at radius 2 is 1.91 bits per heavy atom. The maximum atomic E-state index is 12.1. The van der Waals surface area contributed by atoms with Gasteiger partial charge in [0.1, 0.15) is 5.75 Å². The smallest absolute Gasteiger partial charge is 0.337 e. The molecule has 2 aromatic rings. The first kappa shape index (κ1) is 14.1. The van der Waals surface area contributed by atoms with E-state index >= 15 is 0 Å². The van der Waals surface area contributed by atoms with E-state index < -0.39 is 0 Å². The first-order valence-electron chi connectivity index (χ1n) is 6.88. The van der Waals surface area contributed by atoms with Crippen LogP contribution in [0.1, 0.15) is 15.9 Å². The van der Waals surface area contributed by atoms with Crippen LogP contribution in [0.3, 0.4) is 0 Å². The van der Waals surface area contributed by atoms with Crippen LogP contribution in [-0.4, -0.2) is 25.6 Å². The van der Waals surface area contributed by atoms with Gasteiger partial charge in [0.2, 0.25) is 0 Å². The Morgan fingerprint density at radius 3 is 2.64 bits per heavy atom. The molecular weight excluding hydrogens is 282 g/mol. The average Bonchev–Trinajstić information content (AvgIpc) is 2.57. The molecule has 0 atom stereocenters. The maximum Gasteiger partial charge on any atom is 0.337 e. The van der Waals surface area contributed by atoms with E-state index in [0.717, 1.165) is 11.3 Å². The zero-order valence-electron chi connectivity index (χ0n) is 12.1. The van der Waals surface area contributed by atoms with Crippen molar-refractivity contribution in [2.75, 3.05) is 18.6 Å². The minimum absolute atomic E-state index is 0.0389. The predicted molar refractivity (Wildman–Crippen MR) is 80.9 cm³/mol. The lowest BCUT2D eigenvalue weighted by atomic mass is 10.1. The quantitative estimate of drug-likeness (QED) is 0.816. The van der Waals surface area contributed by atoms with Gasteiger partial charge in [0.15, 0.2) is 6.61 Å². The highest BCUT2D eigenvalue weighted by molar-refractivity contribution is 5.97. The van der Waals surface area contributed by atoms with Gasteiger partial charge in [0, 0.05) is 0 Å². The van der Waals surface area contributed by atoms with Crippen LogP contribution in [-0.2, 0) is 16.1 Å². The average molecular weight is 297 g/mol. The van der Waals surface area contributed by atoms with Gasteiger partial charge in [-0.25, -0.2) is 4.79 Å². The normalized spacial score (nSPS) is 13.3. The Labute approximate surface area is 128 Å². The lowest BCUT2D eigenvalue weighted by molar-refractivity contribution is -0.121. The van der Waals surface area contributed by atoms with Gasteiger partial charge in [-0.2, -0.15) is 0 Å². The van der Waals surface area contributed by atoms with Gasteiger partial charge in [-0.05, 0) is 29.8 Å². The van der Waals surface area contributed by atoms with Crippen molar-refractivity contribution < 1.29 is 19.1 Å². The molecule has 1 heterocycles. The molecule has 0 bridgehead atoms. The summed E-state index contributed by atoms with van der Waals surface area (Å²) in [6.07, 6.45) is 0. The van der Waals surface area contributed by atoms with Crippen molar-refractivity contribution in [1.29, 1.82) is 0 Å². The van der Waals surface area contributed by atoms with E-state index in [4.69, 9.17) is 4.74 Å². The summed E-state index contributed by atoms with van der Waals surface area (Å²) >= 11 is 0. The highest BCUT2D eigenvalue weighted by Crippen LogP contribution is 2.32. The molecule has 1 aliphatic rings. The molecule has 0 aliphatic carbocycles. The van der Waals surface area contributed by atoms with E-state index in [1.165, 1.54) is 7.11 Å². The molecule has 0 saturated carbocycles. The van der Waals surface area contributed by atoms with Gasteiger partial charge in [-0.15, -0.1) is 0 Å². The van der Waals surface area contributed by atoms with Gasteiger partial charge in [0.05, 0.1) is 24.9 Å². The monoisotopic (exact) mass is 297 g/mol. The van der Waals surface area contributed by atoms with Crippen LogP contribution in [0.15, 0.2) is 48.5 Å². The van der Waals surface area contributed by atoms with Crippen molar-refractivity contribution in [2.45, 2.75) is 6.54 Å². The fourth-order valence-electron chi connectivity index (χ4n) is 2.37. The number of rotatable bonds is 3. The van der Waals surface area contributed by atoms with E-state index in [2.05, 4.69) is 4.74 Å². The molecular formula is C17H15NO4. The lowest BCUT2D eigenvalue weighted by Crippen LogP contribution is -2.38. The number of para-hydroxylation sites is 2. The summed E-state index contributed by atoms with van der Waals surface area (Å²) in [5, 5.41) is 0. The van der Waals surface area contributed by atoms with Gasteiger partial charge < -0.3 is 14.4 Å². The van der Waals surface area contributed by atoms with E-state index in [9.17, 15) is 9.59 Å². The number of ether oxygens (including phenoxy) is 2. The molecule has 112 valence electrons. The molecule has 22 heavy (non-hydrogen) atoms. The molecule has 2 aromatic carbocycles. The highest BCUT2D eigenvalue weighted by atomic mass is 16.5. The van der Waals surface area contributed by atoms with Crippen LogP contribution in [0, 0.1) is 0 Å². The molecule has 0 N–H and O–H groups in total. The molecule has 0 unspecified atom stereocenters. The van der Waals surface area contributed by atoms with Crippen molar-refractivity contribution in [1.82, 2.24) is 0 Å². The van der Waals surface area contributed by atoms with Crippen LogP contribution < -0.4 is 9.64 Å². The minimum atomic E-state index is -0.376. The number of fused-ring (bicyclic) bond motifs is 1. The van der Waals surface area contributed by atoms with Gasteiger partial charge in [-0.1, -0.05) is 24.3 Å². The van der Waals surface area contributed by atoms with Crippen molar-refractivity contribution in [3.05, 3.63) is 59.7 Å². The molecule has 0 spiro atoms. The molecule has 5 heteroatoms. The second-order valence-corrected chi connectivity index (χ2v) is 4.92. The number of amides is 1. The largest absolute Gasteiger partial charge is 0.482 e. The minimum Gasteiger partial charge on any atom is -0.482 e. The Bertz CT molecular complexity index is 709. The molecule has 0 aromatic heterocycles. The summed E-state index contributed by atoms with van der Waals surface area (Å²) in [4.78, 5) is 25.2. The zero-order chi connectivity index (χ0) is 15.5. The Kier molecular flexibility index (Phi) is 3.78. The van der Waals surface area contributed by atoms with Crippen molar-refractivity contribution in [2.24, 2.45) is 0 Å². The summed E-state index contributed by atoms with van der Waals surface area (Å²) < 4.78 is 10.1. The van der Waals surface area contributed by atoms with E-state index in [0.29, 0.717) is 17.9 Å². The number of hydrogen-bond donors (Lipinski definition) is 0. The summed E-state index contributed by atoms with van der Waals surface area (Å²) in [7, 11) is 1.35. The maximum absolute atomic E-state index is 12.1. The fraction of sp³-hybridized carbons (Fsp3) is 0.176. The third-order valence-corrected chi connectivity index (χ3v) is 3.52. The number of methoxy groups -OCH3 is 1. The van der Waals surface area contributed by atoms with E-state index in [-0.39, 0.29) is 18.5 Å². The second-order valence-electron chi connectivity index (χ2n) is 4.92. The summed E-state index contributed by atoms with van der Waals surface area (Å²) in [6.45, 7) is 0.470. The lowest BCUT2D eigenvalue weighted by Gasteiger charge is -2.29.